The average molecular weight is 439 g/mol. The van der Waals surface area contributed by atoms with E-state index in [2.05, 4.69) is 0 Å². The molecule has 164 valence electrons. The largest absolute Gasteiger partial charge is 0.418 e. The first kappa shape index (κ1) is 21.4. The maximum absolute atomic E-state index is 13.3. The van der Waals surface area contributed by atoms with E-state index in [-0.39, 0.29) is 23.1 Å². The average Bonchev–Trinajstić information content (AvgIpc) is 2.71. The van der Waals surface area contributed by atoms with E-state index in [1.54, 1.807) is 12.3 Å². The third kappa shape index (κ3) is 3.79. The van der Waals surface area contributed by atoms with Crippen LogP contribution in [0.5, 0.6) is 0 Å². The summed E-state index contributed by atoms with van der Waals surface area (Å²) in [6.45, 7) is 4.19. The van der Waals surface area contributed by atoms with Crippen LogP contribution in [0.25, 0.3) is 16.6 Å². The Hall–Kier alpha value is -3.81. The molecule has 0 saturated carbocycles. The molecule has 0 radical (unpaired) electrons. The molecule has 4 rings (SSSR count). The summed E-state index contributed by atoms with van der Waals surface area (Å²) >= 11 is 0. The molecule has 2 N–H and O–H groups in total. The summed E-state index contributed by atoms with van der Waals surface area (Å²) in [4.78, 5) is 25.7. The number of fused-ring (bicyclic) bond motifs is 1. The number of alkyl halides is 3. The Morgan fingerprint density at radius 2 is 1.69 bits per heavy atom. The first-order valence-corrected chi connectivity index (χ1v) is 9.84. The second-order valence-corrected chi connectivity index (χ2v) is 7.76. The van der Waals surface area contributed by atoms with Gasteiger partial charge < -0.3 is 14.9 Å². The number of rotatable bonds is 3. The minimum atomic E-state index is -4.63. The Morgan fingerprint density at radius 1 is 0.938 bits per heavy atom. The van der Waals surface area contributed by atoms with Crippen LogP contribution in [0.1, 0.15) is 22.3 Å². The summed E-state index contributed by atoms with van der Waals surface area (Å²) in [6, 6.07) is 12.1. The fourth-order valence-corrected chi connectivity index (χ4v) is 3.80. The molecule has 2 aromatic heterocycles. The van der Waals surface area contributed by atoms with E-state index in [0.29, 0.717) is 0 Å². The molecule has 5 nitrogen and oxygen atoms in total. The zero-order chi connectivity index (χ0) is 23.2. The quantitative estimate of drug-likeness (QED) is 0.481. The molecule has 2 aromatic carbocycles. The van der Waals surface area contributed by atoms with Crippen molar-refractivity contribution >= 4 is 16.6 Å². The number of hydrogen-bond acceptors (Lipinski definition) is 3. The minimum Gasteiger partial charge on any atom is -0.398 e. The molecule has 0 atom stereocenters. The van der Waals surface area contributed by atoms with Crippen LogP contribution >= 0.6 is 0 Å². The number of nitrogens with zero attached hydrogens (tertiary/aromatic N) is 2. The predicted octanol–water partition coefficient (Wildman–Crippen LogP) is 4.42. The standard InChI is InChI=1S/C24H20F3N3O2/c1-14-3-4-16(15(2)11-14)13-29-9-7-20-22(23(29)32)21(31)8-10-30(20)17-5-6-19(28)18(12-17)24(25,26)27/h3-12H,13,28H2,1-2H3. The lowest BCUT2D eigenvalue weighted by Crippen LogP contribution is -2.26. The molecule has 0 aliphatic carbocycles. The molecule has 0 aliphatic heterocycles. The molecule has 4 aromatic rings. The number of benzene rings is 2. The van der Waals surface area contributed by atoms with Crippen LogP contribution in [0.15, 0.2) is 70.5 Å². The maximum atomic E-state index is 13.3. The van der Waals surface area contributed by atoms with Gasteiger partial charge in [-0.3, -0.25) is 9.59 Å². The summed E-state index contributed by atoms with van der Waals surface area (Å²) in [5.74, 6) is 0. The van der Waals surface area contributed by atoms with Crippen molar-refractivity contribution in [1.82, 2.24) is 9.13 Å². The second kappa shape index (κ2) is 7.71. The number of hydrogen-bond donors (Lipinski definition) is 1. The third-order valence-corrected chi connectivity index (χ3v) is 5.48. The van der Waals surface area contributed by atoms with Gasteiger partial charge >= 0.3 is 6.18 Å². The van der Waals surface area contributed by atoms with Crippen molar-refractivity contribution in [2.75, 3.05) is 5.73 Å². The molecule has 0 spiro atoms. The van der Waals surface area contributed by atoms with Crippen LogP contribution in [0, 0.1) is 13.8 Å². The van der Waals surface area contributed by atoms with E-state index in [4.69, 9.17) is 5.73 Å². The van der Waals surface area contributed by atoms with E-state index >= 15 is 0 Å². The van der Waals surface area contributed by atoms with Gasteiger partial charge in [0, 0.05) is 29.8 Å². The molecule has 0 aliphatic rings. The van der Waals surface area contributed by atoms with Crippen LogP contribution in [0.2, 0.25) is 0 Å². The maximum Gasteiger partial charge on any atom is 0.418 e. The van der Waals surface area contributed by atoms with E-state index in [1.807, 2.05) is 32.0 Å². The molecular weight excluding hydrogens is 419 g/mol. The Kier molecular flexibility index (Phi) is 5.16. The number of anilines is 1. The fourth-order valence-electron chi connectivity index (χ4n) is 3.80. The molecule has 0 fully saturated rings. The van der Waals surface area contributed by atoms with E-state index in [0.717, 1.165) is 28.8 Å². The van der Waals surface area contributed by atoms with Gasteiger partial charge in [0.05, 0.1) is 17.6 Å². The van der Waals surface area contributed by atoms with Crippen LogP contribution in [-0.2, 0) is 12.7 Å². The van der Waals surface area contributed by atoms with Crippen LogP contribution < -0.4 is 16.7 Å². The Labute approximate surface area is 181 Å². The number of nitrogen functional groups attached to an aromatic ring is 1. The van der Waals surface area contributed by atoms with Crippen molar-refractivity contribution in [3.63, 3.8) is 0 Å². The molecule has 2 heterocycles. The molecule has 8 heteroatoms. The lowest BCUT2D eigenvalue weighted by atomic mass is 10.1. The van der Waals surface area contributed by atoms with Crippen LogP contribution in [0.3, 0.4) is 0 Å². The fraction of sp³-hybridized carbons (Fsp3) is 0.167. The lowest BCUT2D eigenvalue weighted by Gasteiger charge is -2.16. The van der Waals surface area contributed by atoms with Crippen molar-refractivity contribution in [3.8, 4) is 5.69 Å². The highest BCUT2D eigenvalue weighted by atomic mass is 19.4. The highest BCUT2D eigenvalue weighted by molar-refractivity contribution is 5.79. The van der Waals surface area contributed by atoms with Gasteiger partial charge in [-0.25, -0.2) is 0 Å². The summed E-state index contributed by atoms with van der Waals surface area (Å²) in [6.07, 6.45) is -1.74. The third-order valence-electron chi connectivity index (χ3n) is 5.48. The Bertz CT molecular complexity index is 1470. The zero-order valence-electron chi connectivity index (χ0n) is 17.4. The van der Waals surface area contributed by atoms with Crippen molar-refractivity contribution in [1.29, 1.82) is 0 Å². The second-order valence-electron chi connectivity index (χ2n) is 7.76. The van der Waals surface area contributed by atoms with Gasteiger partial charge in [0.15, 0.2) is 5.43 Å². The van der Waals surface area contributed by atoms with Gasteiger partial charge in [-0.15, -0.1) is 0 Å². The first-order chi connectivity index (χ1) is 15.1. The van der Waals surface area contributed by atoms with E-state index in [1.165, 1.54) is 27.5 Å². The molecule has 0 amide bonds. The number of halogens is 3. The van der Waals surface area contributed by atoms with Crippen LogP contribution in [-0.4, -0.2) is 9.13 Å². The summed E-state index contributed by atoms with van der Waals surface area (Å²) in [5, 5.41) is -0.0925. The topological polar surface area (TPSA) is 70.0 Å². The molecule has 32 heavy (non-hydrogen) atoms. The number of aromatic nitrogens is 2. The smallest absolute Gasteiger partial charge is 0.398 e. The van der Waals surface area contributed by atoms with Crippen molar-refractivity contribution in [3.05, 3.63) is 104 Å². The number of nitrogens with two attached hydrogens (primary N) is 1. The van der Waals surface area contributed by atoms with Crippen molar-refractivity contribution in [2.45, 2.75) is 26.6 Å². The highest BCUT2D eigenvalue weighted by Crippen LogP contribution is 2.35. The van der Waals surface area contributed by atoms with E-state index < -0.39 is 28.4 Å². The number of aryl methyl sites for hydroxylation is 2. The predicted molar refractivity (Wildman–Crippen MR) is 118 cm³/mol. The van der Waals surface area contributed by atoms with Gasteiger partial charge in [0.25, 0.3) is 5.56 Å². The normalized spacial score (nSPS) is 11.8. The van der Waals surface area contributed by atoms with Gasteiger partial charge in [0.1, 0.15) is 5.39 Å². The molecule has 0 unspecified atom stereocenters. The Morgan fingerprint density at radius 3 is 2.38 bits per heavy atom. The summed E-state index contributed by atoms with van der Waals surface area (Å²) in [5.41, 5.74) is 6.52. The van der Waals surface area contributed by atoms with Gasteiger partial charge in [-0.05, 0) is 49.2 Å². The lowest BCUT2D eigenvalue weighted by molar-refractivity contribution is -0.136. The monoisotopic (exact) mass is 439 g/mol. The van der Waals surface area contributed by atoms with Crippen LogP contribution in [0.4, 0.5) is 18.9 Å². The molecule has 0 bridgehead atoms. The van der Waals surface area contributed by atoms with Gasteiger partial charge in [0.2, 0.25) is 0 Å². The molecular formula is C24H20F3N3O2. The minimum absolute atomic E-state index is 0.0925. The molecule has 0 saturated heterocycles. The van der Waals surface area contributed by atoms with Crippen molar-refractivity contribution < 1.29 is 13.2 Å². The van der Waals surface area contributed by atoms with Gasteiger partial charge in [-0.2, -0.15) is 13.2 Å². The SMILES string of the molecule is Cc1ccc(Cn2ccc3c(c(=O)ccn3-c3ccc(N)c(C(F)(F)F)c3)c2=O)c(C)c1. The summed E-state index contributed by atoms with van der Waals surface area (Å²) < 4.78 is 42.7. The van der Waals surface area contributed by atoms with E-state index in [9.17, 15) is 22.8 Å². The highest BCUT2D eigenvalue weighted by Gasteiger charge is 2.33. The number of pyridine rings is 2. The Balaban J connectivity index is 1.88. The first-order valence-electron chi connectivity index (χ1n) is 9.84. The van der Waals surface area contributed by atoms with Gasteiger partial charge in [-0.1, -0.05) is 23.8 Å². The zero-order valence-corrected chi connectivity index (χ0v) is 17.4. The van der Waals surface area contributed by atoms with Crippen molar-refractivity contribution in [2.24, 2.45) is 0 Å². The summed E-state index contributed by atoms with van der Waals surface area (Å²) in [7, 11) is 0.